The number of aromatic nitrogens is 3. The van der Waals surface area contributed by atoms with Crippen LogP contribution >= 0.6 is 0 Å². The van der Waals surface area contributed by atoms with Crippen molar-refractivity contribution < 1.29 is 26.7 Å². The zero-order valence-corrected chi connectivity index (χ0v) is 24.3. The fourth-order valence-electron chi connectivity index (χ4n) is 5.19. The van der Waals surface area contributed by atoms with Gasteiger partial charge in [0, 0.05) is 68.6 Å². The highest BCUT2D eigenvalue weighted by atomic mass is 32.2. The number of ketones is 1. The Labute approximate surface area is 242 Å². The Bertz CT molecular complexity index is 1720. The first kappa shape index (κ1) is 29.7. The van der Waals surface area contributed by atoms with Gasteiger partial charge in [-0.3, -0.25) is 9.69 Å². The number of aromatic amines is 1. The van der Waals surface area contributed by atoms with Crippen LogP contribution in [0.1, 0.15) is 5.56 Å². The highest BCUT2D eigenvalue weighted by molar-refractivity contribution is 7.90. The van der Waals surface area contributed by atoms with Crippen molar-refractivity contribution in [1.82, 2.24) is 24.8 Å². The molecule has 0 saturated carbocycles. The maximum Gasteiger partial charge on any atom is 0.228 e. The second kappa shape index (κ2) is 12.2. The van der Waals surface area contributed by atoms with E-state index in [9.17, 15) is 17.6 Å². The first-order chi connectivity index (χ1) is 20.1. The Morgan fingerprint density at radius 3 is 2.60 bits per heavy atom. The number of benzene rings is 2. The maximum atomic E-state index is 15.0. The van der Waals surface area contributed by atoms with Crippen LogP contribution in [0.25, 0.3) is 22.2 Å². The van der Waals surface area contributed by atoms with E-state index in [2.05, 4.69) is 37.1 Å². The molecule has 1 atom stereocenters. The van der Waals surface area contributed by atoms with Crippen LogP contribution in [0.4, 0.5) is 20.4 Å². The molecule has 0 bridgehead atoms. The van der Waals surface area contributed by atoms with E-state index < -0.39 is 26.4 Å². The number of halogens is 2. The molecular formula is C29H32F2N6O4S. The zero-order chi connectivity index (χ0) is 30.0. The molecule has 3 heterocycles. The van der Waals surface area contributed by atoms with E-state index in [0.717, 1.165) is 50.3 Å². The molecule has 2 aromatic heterocycles. The minimum Gasteiger partial charge on any atom is -0.383 e. The van der Waals surface area contributed by atoms with E-state index in [4.69, 9.17) is 4.74 Å². The van der Waals surface area contributed by atoms with Crippen molar-refractivity contribution in [2.75, 3.05) is 58.5 Å². The molecular weight excluding hydrogens is 566 g/mol. The molecule has 0 amide bonds. The van der Waals surface area contributed by atoms with Gasteiger partial charge in [-0.05, 0) is 24.7 Å². The molecule has 13 heteroatoms. The number of hydrogen-bond acceptors (Lipinski definition) is 9. The number of carbonyl (C=O) groups is 1. The van der Waals surface area contributed by atoms with Crippen molar-refractivity contribution in [3.05, 3.63) is 66.0 Å². The molecule has 5 rings (SSSR count). The van der Waals surface area contributed by atoms with Gasteiger partial charge < -0.3 is 19.9 Å². The first-order valence-electron chi connectivity index (χ1n) is 13.4. The van der Waals surface area contributed by atoms with Gasteiger partial charge in [-0.1, -0.05) is 24.3 Å². The molecule has 0 radical (unpaired) electrons. The predicted molar refractivity (Wildman–Crippen MR) is 156 cm³/mol. The van der Waals surface area contributed by atoms with Crippen LogP contribution in [0.2, 0.25) is 0 Å². The molecule has 4 aromatic rings. The topological polar surface area (TPSA) is 121 Å². The minimum atomic E-state index is -3.81. The van der Waals surface area contributed by atoms with Gasteiger partial charge in [-0.25, -0.2) is 27.2 Å². The van der Waals surface area contributed by atoms with Crippen molar-refractivity contribution in [2.45, 2.75) is 17.4 Å². The van der Waals surface area contributed by atoms with Crippen molar-refractivity contribution >= 4 is 38.2 Å². The summed E-state index contributed by atoms with van der Waals surface area (Å²) in [6.45, 7) is 3.60. The largest absolute Gasteiger partial charge is 0.383 e. The number of nitrogens with one attached hydrogen (secondary N) is 2. The number of nitrogens with zero attached hydrogens (tertiary/aromatic N) is 4. The number of fused-ring (bicyclic) bond motifs is 1. The summed E-state index contributed by atoms with van der Waals surface area (Å²) in [5, 5.41) is 3.31. The third-order valence-electron chi connectivity index (χ3n) is 7.45. The Balaban J connectivity index is 1.43. The van der Waals surface area contributed by atoms with Crippen LogP contribution < -0.4 is 5.32 Å². The van der Waals surface area contributed by atoms with Crippen LogP contribution in [0.5, 0.6) is 0 Å². The average molecular weight is 599 g/mol. The minimum absolute atomic E-state index is 0.0307. The van der Waals surface area contributed by atoms with Crippen molar-refractivity contribution in [1.29, 1.82) is 0 Å². The Kier molecular flexibility index (Phi) is 8.64. The van der Waals surface area contributed by atoms with Gasteiger partial charge in [-0.15, -0.1) is 0 Å². The highest BCUT2D eigenvalue weighted by Crippen LogP contribution is 2.32. The Morgan fingerprint density at radius 1 is 1.14 bits per heavy atom. The summed E-state index contributed by atoms with van der Waals surface area (Å²) < 4.78 is 59.1. The molecule has 222 valence electrons. The number of rotatable bonds is 10. The number of hydrogen-bond donors (Lipinski definition) is 2. The average Bonchev–Trinajstić information content (AvgIpc) is 3.39. The number of para-hydroxylation sites is 1. The second-order valence-corrected chi connectivity index (χ2v) is 12.4. The summed E-state index contributed by atoms with van der Waals surface area (Å²) in [6, 6.07) is 8.96. The lowest BCUT2D eigenvalue weighted by Gasteiger charge is -2.37. The zero-order valence-electron chi connectivity index (χ0n) is 23.5. The van der Waals surface area contributed by atoms with Gasteiger partial charge in [0.05, 0.1) is 24.5 Å². The fourth-order valence-corrected chi connectivity index (χ4v) is 5.95. The van der Waals surface area contributed by atoms with Crippen LogP contribution in [0.3, 0.4) is 0 Å². The second-order valence-electron chi connectivity index (χ2n) is 10.4. The molecule has 2 N–H and O–H groups in total. The molecule has 0 aliphatic carbocycles. The lowest BCUT2D eigenvalue weighted by Crippen LogP contribution is -2.53. The predicted octanol–water partition coefficient (Wildman–Crippen LogP) is 3.42. The smallest absolute Gasteiger partial charge is 0.228 e. The number of anilines is 2. The van der Waals surface area contributed by atoms with E-state index in [0.29, 0.717) is 23.1 Å². The molecule has 1 fully saturated rings. The lowest BCUT2D eigenvalue weighted by atomic mass is 9.99. The summed E-state index contributed by atoms with van der Waals surface area (Å²) in [4.78, 5) is 28.7. The number of piperazine rings is 1. The summed E-state index contributed by atoms with van der Waals surface area (Å²) in [5.74, 6) is -1.78. The van der Waals surface area contributed by atoms with Gasteiger partial charge in [0.15, 0.2) is 27.3 Å². The van der Waals surface area contributed by atoms with Crippen molar-refractivity contribution in [3.8, 4) is 11.3 Å². The highest BCUT2D eigenvalue weighted by Gasteiger charge is 2.29. The van der Waals surface area contributed by atoms with Crippen LogP contribution in [-0.4, -0.2) is 98.2 Å². The number of methoxy groups -OCH3 is 1. The molecule has 1 aliphatic rings. The van der Waals surface area contributed by atoms with E-state index in [1.807, 2.05) is 6.07 Å². The lowest BCUT2D eigenvalue weighted by molar-refractivity contribution is -0.126. The van der Waals surface area contributed by atoms with Gasteiger partial charge in [0.2, 0.25) is 5.95 Å². The quantitative estimate of drug-likeness (QED) is 0.283. The molecule has 1 saturated heterocycles. The van der Waals surface area contributed by atoms with E-state index in [-0.39, 0.29) is 35.6 Å². The van der Waals surface area contributed by atoms with Gasteiger partial charge in [-0.2, -0.15) is 0 Å². The van der Waals surface area contributed by atoms with Crippen molar-refractivity contribution in [2.24, 2.45) is 0 Å². The first-order valence-corrected chi connectivity index (χ1v) is 15.3. The van der Waals surface area contributed by atoms with Crippen molar-refractivity contribution in [3.63, 3.8) is 0 Å². The number of sulfone groups is 1. The van der Waals surface area contributed by atoms with E-state index in [1.54, 1.807) is 25.4 Å². The Morgan fingerprint density at radius 2 is 1.88 bits per heavy atom. The molecule has 2 aromatic carbocycles. The standard InChI is InChI=1S/C29H32F2N6O4S/c1-36-10-12-37(13-11-36)23(17-41-2)24(38)14-18-6-4-7-19-20(15-32-27(18)19)28-21(30)16-33-29(35-28)34-22-8-5-9-25(26(22)31)42(3,39)40/h4-9,15-16,23,32H,10-14,17H2,1-3H3,(H,33,34,35)/t23-/m1/s1. The third kappa shape index (κ3) is 6.19. The normalized spacial score (nSPS) is 15.6. The molecule has 1 aliphatic heterocycles. The molecule has 0 spiro atoms. The van der Waals surface area contributed by atoms with Crippen LogP contribution in [0, 0.1) is 11.6 Å². The van der Waals surface area contributed by atoms with Gasteiger partial charge in [0.25, 0.3) is 0 Å². The monoisotopic (exact) mass is 598 g/mol. The number of carbonyl (C=O) groups excluding carboxylic acids is 1. The van der Waals surface area contributed by atoms with Crippen LogP contribution in [-0.2, 0) is 25.8 Å². The van der Waals surface area contributed by atoms with Gasteiger partial charge in [0.1, 0.15) is 10.6 Å². The number of ether oxygens (including phenoxy) is 1. The number of likely N-dealkylation sites (N-methyl/N-ethyl adjacent to an activating group) is 1. The van der Waals surface area contributed by atoms with E-state index >= 15 is 4.39 Å². The summed E-state index contributed by atoms with van der Waals surface area (Å²) >= 11 is 0. The molecule has 10 nitrogen and oxygen atoms in total. The van der Waals surface area contributed by atoms with Crippen LogP contribution in [0.15, 0.2) is 53.7 Å². The third-order valence-corrected chi connectivity index (χ3v) is 8.56. The maximum absolute atomic E-state index is 15.0. The summed E-state index contributed by atoms with van der Waals surface area (Å²) in [6.07, 6.45) is 3.63. The fraction of sp³-hybridized carbons (Fsp3) is 0.345. The molecule has 0 unspecified atom stereocenters. The van der Waals surface area contributed by atoms with Gasteiger partial charge >= 0.3 is 0 Å². The number of H-pyrrole nitrogens is 1. The Hall–Kier alpha value is -3.78. The van der Waals surface area contributed by atoms with E-state index in [1.165, 1.54) is 12.1 Å². The summed E-state index contributed by atoms with van der Waals surface area (Å²) in [5.41, 5.74) is 1.65. The SMILES string of the molecule is COC[C@H](C(=O)Cc1cccc2c(-c3nc(Nc4cccc(S(C)(=O)=O)c4F)ncc3F)c[nH]c12)N1CCN(C)CC1. The summed E-state index contributed by atoms with van der Waals surface area (Å²) in [7, 11) is -0.163. The number of Topliss-reactive ketones (excluding diaryl/α,β-unsaturated/α-hetero) is 1. The molecule has 42 heavy (non-hydrogen) atoms.